The molecule has 5 heteroatoms. The van der Waals surface area contributed by atoms with Crippen LogP contribution in [0.3, 0.4) is 0 Å². The van der Waals surface area contributed by atoms with Gasteiger partial charge in [0.15, 0.2) is 0 Å². The first-order chi connectivity index (χ1) is 9.83. The van der Waals surface area contributed by atoms with Crippen LogP contribution in [0.25, 0.3) is 0 Å². The molecular weight excluding hydrogens is 288 g/mol. The Morgan fingerprint density at radius 1 is 1.40 bits per heavy atom. The van der Waals surface area contributed by atoms with Crippen molar-refractivity contribution in [1.82, 2.24) is 9.88 Å². The zero-order valence-corrected chi connectivity index (χ0v) is 13.0. The topological polar surface area (TPSA) is 33.2 Å². The average Bonchev–Trinajstić information content (AvgIpc) is 3.18. The Hall–Kier alpha value is -1.20. The molecule has 3 nitrogen and oxygen atoms in total. The summed E-state index contributed by atoms with van der Waals surface area (Å²) in [5.41, 5.74) is 0. The van der Waals surface area contributed by atoms with Gasteiger partial charge in [-0.1, -0.05) is 6.07 Å². The van der Waals surface area contributed by atoms with Crippen LogP contribution in [0.1, 0.15) is 35.1 Å². The number of rotatable bonds is 4. The molecule has 2 aromatic rings. The lowest BCUT2D eigenvalue weighted by Gasteiger charge is -2.32. The van der Waals surface area contributed by atoms with Crippen LogP contribution in [0, 0.1) is 0 Å². The van der Waals surface area contributed by atoms with Gasteiger partial charge in [0, 0.05) is 41.9 Å². The van der Waals surface area contributed by atoms with Gasteiger partial charge < -0.3 is 4.90 Å². The van der Waals surface area contributed by atoms with E-state index in [9.17, 15) is 4.79 Å². The van der Waals surface area contributed by atoms with E-state index in [1.807, 2.05) is 22.5 Å². The van der Waals surface area contributed by atoms with Crippen LogP contribution in [-0.4, -0.2) is 28.9 Å². The quantitative estimate of drug-likeness (QED) is 0.865. The summed E-state index contributed by atoms with van der Waals surface area (Å²) in [6, 6.07) is 4.15. The van der Waals surface area contributed by atoms with Gasteiger partial charge >= 0.3 is 0 Å². The molecule has 0 aromatic carbocycles. The maximum Gasteiger partial charge on any atom is 0.222 e. The van der Waals surface area contributed by atoms with Gasteiger partial charge in [-0.05, 0) is 30.7 Å². The molecule has 1 aliphatic heterocycles. The predicted octanol–water partition coefficient (Wildman–Crippen LogP) is 3.54. The van der Waals surface area contributed by atoms with Crippen molar-refractivity contribution in [3.8, 4) is 0 Å². The standard InChI is InChI=1S/C15H18N2OS2/c18-14(6-5-13-4-2-9-19-13)17-8-1-3-12(11-17)15-16-7-10-20-15/h2,4,7,9-10,12H,1,3,5-6,8,11H2/t12-/m1/s1. The van der Waals surface area contributed by atoms with Gasteiger partial charge in [-0.3, -0.25) is 4.79 Å². The Bertz CT molecular complexity index is 536. The first-order valence-corrected chi connectivity index (χ1v) is 8.78. The van der Waals surface area contributed by atoms with E-state index in [-0.39, 0.29) is 0 Å². The number of hydrogen-bond donors (Lipinski definition) is 0. The summed E-state index contributed by atoms with van der Waals surface area (Å²) in [5, 5.41) is 5.27. The minimum absolute atomic E-state index is 0.291. The molecule has 1 amide bonds. The molecular formula is C15H18N2OS2. The molecule has 0 saturated carbocycles. The van der Waals surface area contributed by atoms with Crippen molar-refractivity contribution in [2.75, 3.05) is 13.1 Å². The third-order valence-electron chi connectivity index (χ3n) is 3.74. The van der Waals surface area contributed by atoms with Gasteiger partial charge in [0.25, 0.3) is 0 Å². The number of aryl methyl sites for hydroxylation is 1. The van der Waals surface area contributed by atoms with Crippen LogP contribution in [0.2, 0.25) is 0 Å². The van der Waals surface area contributed by atoms with E-state index in [1.165, 1.54) is 9.88 Å². The number of thiophene rings is 1. The predicted molar refractivity (Wildman–Crippen MR) is 83.3 cm³/mol. The average molecular weight is 306 g/mol. The molecule has 1 aliphatic rings. The summed E-state index contributed by atoms with van der Waals surface area (Å²) in [7, 11) is 0. The lowest BCUT2D eigenvalue weighted by atomic mass is 9.98. The summed E-state index contributed by atoms with van der Waals surface area (Å²) in [6.07, 6.45) is 5.61. The highest BCUT2D eigenvalue weighted by atomic mass is 32.1. The third-order valence-corrected chi connectivity index (χ3v) is 5.61. The fraction of sp³-hybridized carbons (Fsp3) is 0.467. The minimum Gasteiger partial charge on any atom is -0.342 e. The van der Waals surface area contributed by atoms with Crippen molar-refractivity contribution in [1.29, 1.82) is 0 Å². The highest BCUT2D eigenvalue weighted by molar-refractivity contribution is 7.10. The number of piperidine rings is 1. The van der Waals surface area contributed by atoms with Gasteiger partial charge in [0.1, 0.15) is 0 Å². The van der Waals surface area contributed by atoms with Crippen molar-refractivity contribution < 1.29 is 4.79 Å². The van der Waals surface area contributed by atoms with Crippen LogP contribution < -0.4 is 0 Å². The van der Waals surface area contributed by atoms with Crippen LogP contribution in [0.15, 0.2) is 29.1 Å². The van der Waals surface area contributed by atoms with E-state index >= 15 is 0 Å². The monoisotopic (exact) mass is 306 g/mol. The zero-order chi connectivity index (χ0) is 13.8. The van der Waals surface area contributed by atoms with Gasteiger partial charge in [0.05, 0.1) is 5.01 Å². The van der Waals surface area contributed by atoms with Crippen molar-refractivity contribution >= 4 is 28.6 Å². The Morgan fingerprint density at radius 3 is 3.10 bits per heavy atom. The van der Waals surface area contributed by atoms with Gasteiger partial charge in [-0.15, -0.1) is 22.7 Å². The molecule has 0 spiro atoms. The van der Waals surface area contributed by atoms with Gasteiger partial charge in [-0.25, -0.2) is 4.98 Å². The smallest absolute Gasteiger partial charge is 0.222 e. The maximum atomic E-state index is 12.3. The fourth-order valence-electron chi connectivity index (χ4n) is 2.68. The molecule has 1 saturated heterocycles. The zero-order valence-electron chi connectivity index (χ0n) is 11.3. The Labute approximate surface area is 127 Å². The van der Waals surface area contributed by atoms with Gasteiger partial charge in [0.2, 0.25) is 5.91 Å². The van der Waals surface area contributed by atoms with Crippen LogP contribution >= 0.6 is 22.7 Å². The minimum atomic E-state index is 0.291. The second-order valence-electron chi connectivity index (χ2n) is 5.13. The Morgan fingerprint density at radius 2 is 2.35 bits per heavy atom. The summed E-state index contributed by atoms with van der Waals surface area (Å²) in [6.45, 7) is 1.75. The molecule has 2 aromatic heterocycles. The first-order valence-electron chi connectivity index (χ1n) is 7.02. The Kier molecular flexibility index (Phi) is 4.47. The van der Waals surface area contributed by atoms with Crippen LogP contribution in [0.4, 0.5) is 0 Å². The van der Waals surface area contributed by atoms with E-state index in [2.05, 4.69) is 16.4 Å². The molecule has 0 radical (unpaired) electrons. The second kappa shape index (κ2) is 6.50. The number of aromatic nitrogens is 1. The number of likely N-dealkylation sites (tertiary alicyclic amines) is 1. The normalized spacial score (nSPS) is 19.2. The molecule has 0 bridgehead atoms. The van der Waals surface area contributed by atoms with Gasteiger partial charge in [-0.2, -0.15) is 0 Å². The highest BCUT2D eigenvalue weighted by Crippen LogP contribution is 2.28. The van der Waals surface area contributed by atoms with E-state index < -0.39 is 0 Å². The number of hydrogen-bond acceptors (Lipinski definition) is 4. The summed E-state index contributed by atoms with van der Waals surface area (Å²) in [5.74, 6) is 0.731. The van der Waals surface area contributed by atoms with Crippen molar-refractivity contribution in [3.63, 3.8) is 0 Å². The molecule has 3 heterocycles. The van der Waals surface area contributed by atoms with E-state index in [4.69, 9.17) is 0 Å². The summed E-state index contributed by atoms with van der Waals surface area (Å²) in [4.78, 5) is 20.1. The fourth-order valence-corrected chi connectivity index (χ4v) is 4.16. The second-order valence-corrected chi connectivity index (χ2v) is 7.09. The molecule has 0 unspecified atom stereocenters. The summed E-state index contributed by atoms with van der Waals surface area (Å²) >= 11 is 3.44. The number of amides is 1. The van der Waals surface area contributed by atoms with Crippen molar-refractivity contribution in [2.24, 2.45) is 0 Å². The van der Waals surface area contributed by atoms with Crippen LogP contribution in [-0.2, 0) is 11.2 Å². The third kappa shape index (κ3) is 3.27. The lowest BCUT2D eigenvalue weighted by Crippen LogP contribution is -2.39. The first kappa shape index (κ1) is 13.8. The van der Waals surface area contributed by atoms with E-state index in [1.54, 1.807) is 22.7 Å². The Balaban J connectivity index is 1.55. The number of carbonyl (C=O) groups is 1. The molecule has 106 valence electrons. The molecule has 0 aliphatic carbocycles. The van der Waals surface area contributed by atoms with Crippen molar-refractivity contribution in [3.05, 3.63) is 39.0 Å². The van der Waals surface area contributed by atoms with E-state index in [0.717, 1.165) is 32.4 Å². The maximum absolute atomic E-state index is 12.3. The number of thiazole rings is 1. The molecule has 0 N–H and O–H groups in total. The van der Waals surface area contributed by atoms with Crippen molar-refractivity contribution in [2.45, 2.75) is 31.6 Å². The SMILES string of the molecule is O=C(CCc1cccs1)N1CCC[C@@H](c2nccs2)C1. The molecule has 3 rings (SSSR count). The van der Waals surface area contributed by atoms with E-state index in [0.29, 0.717) is 18.2 Å². The number of nitrogens with zero attached hydrogens (tertiary/aromatic N) is 2. The molecule has 1 fully saturated rings. The largest absolute Gasteiger partial charge is 0.342 e. The lowest BCUT2D eigenvalue weighted by molar-refractivity contribution is -0.132. The van der Waals surface area contributed by atoms with Crippen LogP contribution in [0.5, 0.6) is 0 Å². The molecule has 1 atom stereocenters. The molecule has 20 heavy (non-hydrogen) atoms. The summed E-state index contributed by atoms with van der Waals surface area (Å²) < 4.78 is 0. The number of carbonyl (C=O) groups excluding carboxylic acids is 1. The highest BCUT2D eigenvalue weighted by Gasteiger charge is 2.25.